The molecule has 1 amide bonds. The van der Waals surface area contributed by atoms with Gasteiger partial charge in [0.05, 0.1) is 6.04 Å². The van der Waals surface area contributed by atoms with Crippen LogP contribution in [-0.2, 0) is 24.4 Å². The summed E-state index contributed by atoms with van der Waals surface area (Å²) in [4.78, 5) is 16.4. The third kappa shape index (κ3) is 4.43. The minimum absolute atomic E-state index is 0.0247. The lowest BCUT2D eigenvalue weighted by Gasteiger charge is -2.31. The molecule has 0 aliphatic carbocycles. The Bertz CT molecular complexity index is 921. The zero-order chi connectivity index (χ0) is 19.3. The average Bonchev–Trinajstić information content (AvgIpc) is 3.21. The molecule has 2 heterocycles. The molecule has 2 aromatic carbocycles. The zero-order valence-corrected chi connectivity index (χ0v) is 16.7. The van der Waals surface area contributed by atoms with E-state index in [0.29, 0.717) is 6.61 Å². The van der Waals surface area contributed by atoms with E-state index in [4.69, 9.17) is 4.74 Å². The van der Waals surface area contributed by atoms with Gasteiger partial charge in [-0.15, -0.1) is 11.3 Å². The lowest BCUT2D eigenvalue weighted by molar-refractivity contribution is -0.121. The number of amides is 1. The van der Waals surface area contributed by atoms with Gasteiger partial charge in [0.15, 0.2) is 0 Å². The smallest absolute Gasteiger partial charge is 0.241 e. The highest BCUT2D eigenvalue weighted by Gasteiger charge is 2.25. The molecule has 3 aromatic rings. The van der Waals surface area contributed by atoms with E-state index in [9.17, 15) is 4.79 Å². The second-order valence-corrected chi connectivity index (χ2v) is 8.05. The summed E-state index contributed by atoms with van der Waals surface area (Å²) >= 11 is 1.81. The van der Waals surface area contributed by atoms with Crippen molar-refractivity contribution >= 4 is 22.9 Å². The second kappa shape index (κ2) is 8.59. The molecular formula is C23H24N2O2S. The molecule has 0 bridgehead atoms. The second-order valence-electron chi connectivity index (χ2n) is 7.05. The van der Waals surface area contributed by atoms with Crippen molar-refractivity contribution in [1.82, 2.24) is 4.90 Å². The standard InChI is InChI=1S/C23H24N2O2S/c1-17(25-13-11-22-19(15-25)12-14-28-22)23(26)24-20-7-9-21(10-8-20)27-16-18-5-3-2-4-6-18/h2-10,12,14,17H,11,13,15-16H2,1H3,(H,24,26)/t17-/m1/s1. The molecule has 0 radical (unpaired) electrons. The Morgan fingerprint density at radius 1 is 1.14 bits per heavy atom. The van der Waals surface area contributed by atoms with Crippen LogP contribution in [0.25, 0.3) is 0 Å². The van der Waals surface area contributed by atoms with Crippen molar-refractivity contribution in [1.29, 1.82) is 0 Å². The number of anilines is 1. The Kier molecular flexibility index (Phi) is 5.74. The Labute approximate surface area is 169 Å². The van der Waals surface area contributed by atoms with Gasteiger partial charge < -0.3 is 10.1 Å². The van der Waals surface area contributed by atoms with Crippen LogP contribution in [0.3, 0.4) is 0 Å². The van der Waals surface area contributed by atoms with Gasteiger partial charge in [-0.3, -0.25) is 9.69 Å². The fourth-order valence-electron chi connectivity index (χ4n) is 3.39. The van der Waals surface area contributed by atoms with Crippen molar-refractivity contribution in [3.8, 4) is 5.75 Å². The molecule has 4 rings (SSSR count). The van der Waals surface area contributed by atoms with E-state index in [-0.39, 0.29) is 11.9 Å². The lowest BCUT2D eigenvalue weighted by atomic mass is 10.1. The van der Waals surface area contributed by atoms with Gasteiger partial charge in [-0.25, -0.2) is 0 Å². The predicted octanol–water partition coefficient (Wildman–Crippen LogP) is 4.71. The SMILES string of the molecule is C[C@H](C(=O)Nc1ccc(OCc2ccccc2)cc1)N1CCc2sccc2C1. The van der Waals surface area contributed by atoms with Crippen molar-refractivity contribution in [3.05, 3.63) is 82.0 Å². The summed E-state index contributed by atoms with van der Waals surface area (Å²) in [5, 5.41) is 5.16. The van der Waals surface area contributed by atoms with Crippen molar-refractivity contribution in [2.45, 2.75) is 32.5 Å². The topological polar surface area (TPSA) is 41.6 Å². The molecule has 1 aliphatic heterocycles. The van der Waals surface area contributed by atoms with Crippen LogP contribution >= 0.6 is 11.3 Å². The molecule has 5 heteroatoms. The highest BCUT2D eigenvalue weighted by Crippen LogP contribution is 2.25. The minimum atomic E-state index is -0.165. The first-order valence-corrected chi connectivity index (χ1v) is 10.4. The van der Waals surface area contributed by atoms with Crippen LogP contribution in [0.5, 0.6) is 5.75 Å². The molecule has 28 heavy (non-hydrogen) atoms. The van der Waals surface area contributed by atoms with Crippen molar-refractivity contribution in [2.75, 3.05) is 11.9 Å². The summed E-state index contributed by atoms with van der Waals surface area (Å²) in [6.07, 6.45) is 1.03. The molecule has 0 unspecified atom stereocenters. The van der Waals surface area contributed by atoms with Crippen LogP contribution in [0.2, 0.25) is 0 Å². The van der Waals surface area contributed by atoms with Crippen molar-refractivity contribution in [3.63, 3.8) is 0 Å². The maximum atomic E-state index is 12.7. The third-order valence-corrected chi connectivity index (χ3v) is 6.16. The third-order valence-electron chi connectivity index (χ3n) is 5.13. The number of hydrogen-bond acceptors (Lipinski definition) is 4. The largest absolute Gasteiger partial charge is 0.489 e. The molecule has 4 nitrogen and oxygen atoms in total. The number of rotatable bonds is 6. The van der Waals surface area contributed by atoms with E-state index in [0.717, 1.165) is 36.5 Å². The lowest BCUT2D eigenvalue weighted by Crippen LogP contribution is -2.44. The number of carbonyl (C=O) groups is 1. The first-order valence-electron chi connectivity index (χ1n) is 9.56. The first-order chi connectivity index (χ1) is 13.7. The molecule has 0 saturated heterocycles. The maximum absolute atomic E-state index is 12.7. The van der Waals surface area contributed by atoms with E-state index in [1.807, 2.05) is 72.9 Å². The Balaban J connectivity index is 1.30. The van der Waals surface area contributed by atoms with E-state index in [1.165, 1.54) is 10.4 Å². The van der Waals surface area contributed by atoms with Crippen LogP contribution in [-0.4, -0.2) is 23.4 Å². The minimum Gasteiger partial charge on any atom is -0.489 e. The molecule has 144 valence electrons. The number of ether oxygens (including phenoxy) is 1. The normalized spacial score (nSPS) is 14.9. The van der Waals surface area contributed by atoms with Crippen LogP contribution in [0.4, 0.5) is 5.69 Å². The van der Waals surface area contributed by atoms with Gasteiger partial charge in [0.1, 0.15) is 12.4 Å². The summed E-state index contributed by atoms with van der Waals surface area (Å²) in [6.45, 7) is 4.28. The molecule has 1 aromatic heterocycles. The fourth-order valence-corrected chi connectivity index (χ4v) is 4.28. The van der Waals surface area contributed by atoms with Crippen molar-refractivity contribution < 1.29 is 9.53 Å². The summed E-state index contributed by atoms with van der Waals surface area (Å²) < 4.78 is 5.80. The molecule has 1 aliphatic rings. The van der Waals surface area contributed by atoms with Crippen LogP contribution in [0, 0.1) is 0 Å². The van der Waals surface area contributed by atoms with E-state index < -0.39 is 0 Å². The van der Waals surface area contributed by atoms with Gasteiger partial charge in [-0.1, -0.05) is 30.3 Å². The van der Waals surface area contributed by atoms with Crippen LogP contribution in [0.1, 0.15) is 22.9 Å². The zero-order valence-electron chi connectivity index (χ0n) is 15.9. The first kappa shape index (κ1) is 18.7. The molecule has 0 fully saturated rings. The Hall–Kier alpha value is -2.63. The summed E-state index contributed by atoms with van der Waals surface area (Å²) in [5.41, 5.74) is 3.27. The summed E-state index contributed by atoms with van der Waals surface area (Å²) in [6, 6.07) is 19.6. The van der Waals surface area contributed by atoms with Gasteiger partial charge >= 0.3 is 0 Å². The number of fused-ring (bicyclic) bond motifs is 1. The fraction of sp³-hybridized carbons (Fsp3) is 0.261. The number of nitrogens with one attached hydrogen (secondary N) is 1. The van der Waals surface area contributed by atoms with Gasteiger partial charge in [0.25, 0.3) is 0 Å². The van der Waals surface area contributed by atoms with Gasteiger partial charge in [-0.05, 0) is 60.2 Å². The Morgan fingerprint density at radius 2 is 1.93 bits per heavy atom. The van der Waals surface area contributed by atoms with E-state index >= 15 is 0 Å². The maximum Gasteiger partial charge on any atom is 0.241 e. The number of benzene rings is 2. The Morgan fingerprint density at radius 3 is 2.71 bits per heavy atom. The molecule has 1 atom stereocenters. The van der Waals surface area contributed by atoms with Crippen molar-refractivity contribution in [2.24, 2.45) is 0 Å². The number of hydrogen-bond donors (Lipinski definition) is 1. The average molecular weight is 393 g/mol. The number of nitrogens with zero attached hydrogens (tertiary/aromatic N) is 1. The van der Waals surface area contributed by atoms with Crippen LogP contribution in [0.15, 0.2) is 66.0 Å². The molecular weight excluding hydrogens is 368 g/mol. The van der Waals surface area contributed by atoms with Gasteiger partial charge in [0, 0.05) is 23.7 Å². The van der Waals surface area contributed by atoms with Gasteiger partial charge in [-0.2, -0.15) is 0 Å². The number of thiophene rings is 1. The highest BCUT2D eigenvalue weighted by atomic mass is 32.1. The van der Waals surface area contributed by atoms with E-state index in [1.54, 1.807) is 0 Å². The quantitative estimate of drug-likeness (QED) is 0.660. The summed E-state index contributed by atoms with van der Waals surface area (Å²) in [5.74, 6) is 0.813. The highest BCUT2D eigenvalue weighted by molar-refractivity contribution is 7.10. The van der Waals surface area contributed by atoms with Gasteiger partial charge in [0.2, 0.25) is 5.91 Å². The monoisotopic (exact) mass is 392 g/mol. The molecule has 1 N–H and O–H groups in total. The predicted molar refractivity (Wildman–Crippen MR) is 114 cm³/mol. The summed E-state index contributed by atoms with van der Waals surface area (Å²) in [7, 11) is 0. The van der Waals surface area contributed by atoms with E-state index in [2.05, 4.69) is 21.7 Å². The molecule has 0 saturated carbocycles. The van der Waals surface area contributed by atoms with Crippen LogP contribution < -0.4 is 10.1 Å². The molecule has 0 spiro atoms. The number of carbonyl (C=O) groups excluding carboxylic acids is 1.